The minimum absolute atomic E-state index is 0.354. The number of benzene rings is 1. The van der Waals surface area contributed by atoms with E-state index in [4.69, 9.17) is 9.47 Å². The molecule has 1 N–H and O–H groups in total. The van der Waals surface area contributed by atoms with Gasteiger partial charge in [-0.2, -0.15) is 0 Å². The number of rotatable bonds is 8. The molecule has 3 heteroatoms. The van der Waals surface area contributed by atoms with Crippen LogP contribution in [0, 0.1) is 13.8 Å². The lowest BCUT2D eigenvalue weighted by Gasteiger charge is -2.19. The average molecular weight is 251 g/mol. The third kappa shape index (κ3) is 4.77. The quantitative estimate of drug-likeness (QED) is 0.720. The number of nitrogens with one attached hydrogen (secondary N) is 1. The Balaban J connectivity index is 2.52. The van der Waals surface area contributed by atoms with Gasteiger partial charge in [-0.15, -0.1) is 0 Å². The minimum Gasteiger partial charge on any atom is -0.382 e. The van der Waals surface area contributed by atoms with Crippen LogP contribution in [0.3, 0.4) is 0 Å². The average Bonchev–Trinajstić information content (AvgIpc) is 2.37. The van der Waals surface area contributed by atoms with E-state index in [1.807, 2.05) is 7.05 Å². The number of hydrogen-bond donors (Lipinski definition) is 1. The Labute approximate surface area is 110 Å². The lowest BCUT2D eigenvalue weighted by atomic mass is 9.97. The van der Waals surface area contributed by atoms with Gasteiger partial charge in [0.1, 0.15) is 0 Å². The Bertz CT molecular complexity index is 352. The molecule has 0 radical (unpaired) electrons. The second-order valence-corrected chi connectivity index (χ2v) is 4.60. The summed E-state index contributed by atoms with van der Waals surface area (Å²) in [5, 5.41) is 3.37. The highest BCUT2D eigenvalue weighted by atomic mass is 16.5. The first-order valence-electron chi connectivity index (χ1n) is 6.50. The van der Waals surface area contributed by atoms with E-state index in [-0.39, 0.29) is 0 Å². The van der Waals surface area contributed by atoms with Crippen molar-refractivity contribution in [2.75, 3.05) is 34.0 Å². The molecule has 0 aliphatic carbocycles. The third-order valence-corrected chi connectivity index (χ3v) is 3.14. The highest BCUT2D eigenvalue weighted by Gasteiger charge is 2.11. The first kappa shape index (κ1) is 15.2. The van der Waals surface area contributed by atoms with Gasteiger partial charge in [-0.05, 0) is 38.4 Å². The molecule has 1 aromatic carbocycles. The molecule has 0 fully saturated rings. The molecule has 0 aliphatic heterocycles. The summed E-state index contributed by atoms with van der Waals surface area (Å²) in [5.41, 5.74) is 4.00. The Morgan fingerprint density at radius 2 is 1.94 bits per heavy atom. The van der Waals surface area contributed by atoms with Gasteiger partial charge in [0, 0.05) is 19.8 Å². The molecule has 0 aliphatic rings. The number of hydrogen-bond acceptors (Lipinski definition) is 3. The van der Waals surface area contributed by atoms with Crippen LogP contribution in [0.15, 0.2) is 18.2 Å². The topological polar surface area (TPSA) is 30.5 Å². The van der Waals surface area contributed by atoms with E-state index >= 15 is 0 Å². The van der Waals surface area contributed by atoms with Gasteiger partial charge in [0.15, 0.2) is 0 Å². The van der Waals surface area contributed by atoms with Crippen molar-refractivity contribution in [3.05, 3.63) is 34.9 Å². The predicted octanol–water partition coefficient (Wildman–Crippen LogP) is 2.62. The fourth-order valence-electron chi connectivity index (χ4n) is 2.04. The van der Waals surface area contributed by atoms with Crippen LogP contribution in [0.2, 0.25) is 0 Å². The summed E-state index contributed by atoms with van der Waals surface area (Å²) >= 11 is 0. The molecule has 0 heterocycles. The zero-order chi connectivity index (χ0) is 13.4. The van der Waals surface area contributed by atoms with Crippen LogP contribution < -0.4 is 5.32 Å². The normalized spacial score (nSPS) is 12.7. The van der Waals surface area contributed by atoms with Gasteiger partial charge in [0.2, 0.25) is 0 Å². The van der Waals surface area contributed by atoms with Crippen LogP contribution in [-0.4, -0.2) is 34.0 Å². The third-order valence-electron chi connectivity index (χ3n) is 3.14. The molecule has 1 aromatic rings. The number of aryl methyl sites for hydroxylation is 2. The smallest absolute Gasteiger partial charge is 0.0700 e. The highest BCUT2D eigenvalue weighted by molar-refractivity contribution is 5.32. The zero-order valence-corrected chi connectivity index (χ0v) is 12.0. The van der Waals surface area contributed by atoms with Crippen molar-refractivity contribution in [3.8, 4) is 0 Å². The van der Waals surface area contributed by atoms with Crippen LogP contribution in [-0.2, 0) is 9.47 Å². The lowest BCUT2D eigenvalue weighted by Crippen LogP contribution is -2.20. The molecular weight excluding hydrogens is 226 g/mol. The second-order valence-electron chi connectivity index (χ2n) is 4.60. The van der Waals surface area contributed by atoms with Crippen molar-refractivity contribution in [1.82, 2.24) is 5.32 Å². The van der Waals surface area contributed by atoms with Crippen molar-refractivity contribution in [2.45, 2.75) is 26.3 Å². The van der Waals surface area contributed by atoms with E-state index in [0.29, 0.717) is 19.3 Å². The Hall–Kier alpha value is -0.900. The van der Waals surface area contributed by atoms with Gasteiger partial charge >= 0.3 is 0 Å². The van der Waals surface area contributed by atoms with Crippen molar-refractivity contribution in [3.63, 3.8) is 0 Å². The number of ether oxygens (including phenoxy) is 2. The molecule has 0 amide bonds. The van der Waals surface area contributed by atoms with Gasteiger partial charge in [-0.25, -0.2) is 0 Å². The Kier molecular flexibility index (Phi) is 6.94. The summed E-state index contributed by atoms with van der Waals surface area (Å²) in [4.78, 5) is 0. The second kappa shape index (κ2) is 8.25. The molecule has 18 heavy (non-hydrogen) atoms. The summed E-state index contributed by atoms with van der Waals surface area (Å²) in [6.45, 7) is 6.37. The van der Waals surface area contributed by atoms with E-state index in [9.17, 15) is 0 Å². The molecular formula is C15H25NO2. The molecule has 0 aromatic heterocycles. The van der Waals surface area contributed by atoms with E-state index in [0.717, 1.165) is 13.0 Å². The van der Waals surface area contributed by atoms with Crippen LogP contribution in [0.4, 0.5) is 0 Å². The maximum Gasteiger partial charge on any atom is 0.0700 e. The first-order valence-corrected chi connectivity index (χ1v) is 6.50. The predicted molar refractivity (Wildman–Crippen MR) is 75.0 cm³/mol. The van der Waals surface area contributed by atoms with Gasteiger partial charge in [-0.1, -0.05) is 23.8 Å². The molecule has 0 bridgehead atoms. The number of methoxy groups -OCH3 is 1. The van der Waals surface area contributed by atoms with E-state index in [1.54, 1.807) is 7.11 Å². The summed E-state index contributed by atoms with van der Waals surface area (Å²) < 4.78 is 10.5. The van der Waals surface area contributed by atoms with Gasteiger partial charge in [-0.3, -0.25) is 0 Å². The highest BCUT2D eigenvalue weighted by Crippen LogP contribution is 2.21. The van der Waals surface area contributed by atoms with Crippen LogP contribution in [0.25, 0.3) is 0 Å². The van der Waals surface area contributed by atoms with E-state index in [2.05, 4.69) is 37.4 Å². The molecule has 1 unspecified atom stereocenters. The van der Waals surface area contributed by atoms with Crippen molar-refractivity contribution in [2.24, 2.45) is 0 Å². The molecule has 102 valence electrons. The Morgan fingerprint density at radius 1 is 1.17 bits per heavy atom. The van der Waals surface area contributed by atoms with Crippen molar-refractivity contribution < 1.29 is 9.47 Å². The van der Waals surface area contributed by atoms with Crippen molar-refractivity contribution >= 4 is 0 Å². The van der Waals surface area contributed by atoms with Gasteiger partial charge in [0.05, 0.1) is 13.2 Å². The van der Waals surface area contributed by atoms with Crippen LogP contribution in [0.1, 0.15) is 29.2 Å². The van der Waals surface area contributed by atoms with Crippen molar-refractivity contribution in [1.29, 1.82) is 0 Å². The summed E-state index contributed by atoms with van der Waals surface area (Å²) in [5.74, 6) is 0. The summed E-state index contributed by atoms with van der Waals surface area (Å²) in [6, 6.07) is 6.94. The summed E-state index contributed by atoms with van der Waals surface area (Å²) in [7, 11) is 3.69. The van der Waals surface area contributed by atoms with E-state index in [1.165, 1.54) is 16.7 Å². The maximum atomic E-state index is 5.53. The Morgan fingerprint density at radius 3 is 2.61 bits per heavy atom. The van der Waals surface area contributed by atoms with Gasteiger partial charge in [0.25, 0.3) is 0 Å². The molecule has 0 saturated carbocycles. The summed E-state index contributed by atoms with van der Waals surface area (Å²) in [6.07, 6.45) is 0.977. The minimum atomic E-state index is 0.354. The van der Waals surface area contributed by atoms with Crippen LogP contribution in [0.5, 0.6) is 0 Å². The maximum absolute atomic E-state index is 5.53. The standard InChI is InChI=1S/C15H25NO2/c1-12-5-6-13(2)14(11-12)15(16-3)7-8-18-10-9-17-4/h5-6,11,15-16H,7-10H2,1-4H3. The lowest BCUT2D eigenvalue weighted by molar-refractivity contribution is 0.0660. The molecule has 1 atom stereocenters. The molecule has 0 spiro atoms. The van der Waals surface area contributed by atoms with Gasteiger partial charge < -0.3 is 14.8 Å². The first-order chi connectivity index (χ1) is 8.69. The fourth-order valence-corrected chi connectivity index (χ4v) is 2.04. The SMILES string of the molecule is CNC(CCOCCOC)c1cc(C)ccc1C. The van der Waals surface area contributed by atoms with Crippen LogP contribution >= 0.6 is 0 Å². The van der Waals surface area contributed by atoms with E-state index < -0.39 is 0 Å². The largest absolute Gasteiger partial charge is 0.382 e. The fraction of sp³-hybridized carbons (Fsp3) is 0.600. The monoisotopic (exact) mass is 251 g/mol. The molecule has 0 saturated heterocycles. The zero-order valence-electron chi connectivity index (χ0n) is 12.0. The molecule has 1 rings (SSSR count). The molecule has 3 nitrogen and oxygen atoms in total.